The Morgan fingerprint density at radius 3 is 0.983 bits per heavy atom. The summed E-state index contributed by atoms with van der Waals surface area (Å²) in [5.41, 5.74) is -1.58. The van der Waals surface area contributed by atoms with Crippen LogP contribution < -0.4 is 32.1 Å². The molecule has 57 heteroatoms. The Balaban J connectivity index is -0.000000124. The predicted octanol–water partition coefficient (Wildman–Crippen LogP) is 16.2. The number of hydrogen-bond donors (Lipinski definition) is 5. The number of aromatic carboxylic acids is 2. The topological polar surface area (TPSA) is 416 Å². The van der Waals surface area contributed by atoms with Gasteiger partial charge in [-0.25, -0.2) is 37.2 Å². The zero-order chi connectivity index (χ0) is 91.7. The van der Waals surface area contributed by atoms with Crippen molar-refractivity contribution in [3.8, 4) is 0 Å². The molecule has 0 aromatic heterocycles. The van der Waals surface area contributed by atoms with Crippen molar-refractivity contribution in [2.24, 2.45) is 0 Å². The van der Waals surface area contributed by atoms with Crippen molar-refractivity contribution in [3.63, 3.8) is 0 Å². The number of carbonyl (C=O) groups excluding carboxylic acids is 6. The molecule has 0 spiro atoms. The fourth-order valence-corrected chi connectivity index (χ4v) is 7.24. The minimum atomic E-state index is -5.01. The van der Waals surface area contributed by atoms with Gasteiger partial charge in [0.25, 0.3) is 10.1 Å². The number of carboxylic acid groups (broad SMARTS) is 2. The number of carbonyl (C=O) groups is 8. The van der Waals surface area contributed by atoms with Gasteiger partial charge in [-0.15, -0.1) is 36.4 Å². The molecule has 25 nitrogen and oxygen atoms in total. The van der Waals surface area contributed by atoms with E-state index >= 15 is 0 Å². The molecular weight excluding hydrogens is 2910 g/mol. The second-order valence-corrected chi connectivity index (χ2v) is 96.4. The van der Waals surface area contributed by atoms with Crippen molar-refractivity contribution in [1.82, 2.24) is 0 Å². The molecule has 0 aliphatic carbocycles. The second-order valence-electron chi connectivity index (χ2n) is 20.8. The fourth-order valence-electron chi connectivity index (χ4n) is 6.68. The van der Waals surface area contributed by atoms with Gasteiger partial charge in [-0.05, 0) is 47.5 Å². The zero-order valence-corrected chi connectivity index (χ0v) is 88.3. The third kappa shape index (κ3) is 74.7. The van der Waals surface area contributed by atoms with E-state index in [1.54, 1.807) is 36.4 Å². The summed E-state index contributed by atoms with van der Waals surface area (Å²) in [6.45, 7) is 3.85. The van der Waals surface area contributed by atoms with Gasteiger partial charge in [-0.1, -0.05) is 136 Å². The van der Waals surface area contributed by atoms with Gasteiger partial charge in [-0.2, -0.15) is 82.7 Å². The molecule has 6 N–H and O–H groups in total. The largest absolute Gasteiger partial charge is 1.00 e. The van der Waals surface area contributed by atoms with E-state index in [2.05, 4.69) is 164 Å². The number of hydrogen-bond acceptors (Lipinski definition) is 21. The summed E-state index contributed by atoms with van der Waals surface area (Å²) < 4.78 is 277. The van der Waals surface area contributed by atoms with E-state index in [1.807, 2.05) is 0 Å². The molecule has 120 heavy (non-hydrogen) atoms. The van der Waals surface area contributed by atoms with Gasteiger partial charge in [0.2, 0.25) is 9.05 Å². The molecule has 0 radical (unpaired) electrons. The molecule has 0 bridgehead atoms. The van der Waals surface area contributed by atoms with Crippen molar-refractivity contribution in [1.29, 1.82) is 0 Å². The minimum Gasteiger partial charge on any atom is -0.870 e. The van der Waals surface area contributed by atoms with E-state index < -0.39 is 146 Å². The molecule has 0 heterocycles. The van der Waals surface area contributed by atoms with Crippen LogP contribution in [0.1, 0.15) is 125 Å². The Kier molecular flexibility index (Phi) is 84.6. The SMILES string of the molecule is C.COC(=O)c1ccccc1C(O)C(F)(F)F.COC(=O)c1ccccc1C(OS(C)(=O)=O)C(F)(F)F.COC(=O)c1ccccc1C=O.COC(=O)c1ccccc1CC(F)(F)F.CS(=O)(=O)Cl.C[Si](C)(C)C(F)(F)F.Cl.I.II.II(I)I.I[I-]I.O=C(O)c1ccccc1CC(F)(F)F.O=Cc1ccccc1C(=O)O.O=S(=O)(O)O.[Li+].[OH-]. The summed E-state index contributed by atoms with van der Waals surface area (Å²) in [7, 11) is -6.48. The maximum atomic E-state index is 12.9. The molecule has 2 unspecified atom stereocenters. The van der Waals surface area contributed by atoms with Gasteiger partial charge in [0, 0.05) is 70.2 Å². The molecule has 6 aromatic rings. The first-order chi connectivity index (χ1) is 52.2. The van der Waals surface area contributed by atoms with Crippen LogP contribution in [0.15, 0.2) is 146 Å². The third-order valence-electron chi connectivity index (χ3n) is 11.3. The minimum absolute atomic E-state index is 0. The monoisotopic (exact) mass is 2980 g/mol. The number of aliphatic hydroxyl groups is 1. The number of benzene rings is 6. The van der Waals surface area contributed by atoms with Crippen LogP contribution >= 0.6 is 185 Å². The molecule has 6 aromatic carbocycles. The van der Waals surface area contributed by atoms with Gasteiger partial charge in [-0.3, -0.25) is 22.9 Å². The molecule has 0 saturated heterocycles. The molecular formula is C63H71Cl2F15I10LiO25S3Si-. The van der Waals surface area contributed by atoms with Crippen LogP contribution in [0.25, 0.3) is 0 Å². The Hall–Kier alpha value is -1.23. The summed E-state index contributed by atoms with van der Waals surface area (Å²) in [5, 5.41) is 26.2. The standard InChI is InChI=1S/C11H11F3O5S.C10H9F3O3.C10H9F3O2.C9H7F3O2.C9H8O3.C8H6O3.C4H9F3Si.CH3ClO2S.CH4.ClH.I4.I3.I2.HI.Li.H2O4S.H2O/c1-18-10(15)8-6-4-3-5-7(8)9(11(12,13)14)19-20(2,16)17;1-16-9(15)7-5-3-2-4-6(7)8(14)10(11,12)13;1-15-9(14)8-5-3-2-4-7(8)6-10(11,12)13;10-9(11,12)5-6-3-1-2-4-7(6)8(13)14;1-12-9(11)8-5-3-2-4-7(8)6-10;9-5-6-3-1-2-4-7(6)8(10)11;1-8(2,3)4(5,6)7;1-5(2,3)4;;;1-4(2)3;1-3-2;1-2;;;1-5(2,3)4;/h3-6,9H,1-2H3;2-5,8,14H,1H3;2-5H,6H2,1H3;1-4H,5H2,(H,13,14);2-6H,1H3;1-5H,(H,10,11);1-3H3;1H3;1H4;1H;;;;1H;;(H2,1,2,3,4);1H2/q;;;;;;;;;;;-1;;;+1;;/p-1. The number of alkyl halides is 15. The Morgan fingerprint density at radius 2 is 0.725 bits per heavy atom. The quantitative estimate of drug-likeness (QED) is 0.00778. The second kappa shape index (κ2) is 71.6. The van der Waals surface area contributed by atoms with Gasteiger partial charge < -0.3 is 39.7 Å². The molecule has 0 aliphatic rings. The Morgan fingerprint density at radius 1 is 0.500 bits per heavy atom. The number of esters is 4. The van der Waals surface area contributed by atoms with Crippen LogP contribution in [0.2, 0.25) is 19.6 Å². The van der Waals surface area contributed by atoms with E-state index in [9.17, 15) is 121 Å². The van der Waals surface area contributed by atoms with Crippen LogP contribution in [0.3, 0.4) is 0 Å². The van der Waals surface area contributed by atoms with E-state index in [1.165, 1.54) is 99.5 Å². The van der Waals surface area contributed by atoms with Crippen molar-refractivity contribution in [3.05, 3.63) is 212 Å². The van der Waals surface area contributed by atoms with Crippen LogP contribution in [0.5, 0.6) is 0 Å². The molecule has 2 atom stereocenters. The van der Waals surface area contributed by atoms with Crippen LogP contribution in [0, 0.1) is 0 Å². The van der Waals surface area contributed by atoms with Gasteiger partial charge >= 0.3 is 210 Å². The molecule has 0 aliphatic heterocycles. The molecule has 686 valence electrons. The molecule has 0 fully saturated rings. The smallest absolute Gasteiger partial charge is 0.870 e. The van der Waals surface area contributed by atoms with E-state index in [0.717, 1.165) is 64.0 Å². The molecule has 6 rings (SSSR count). The summed E-state index contributed by atoms with van der Waals surface area (Å²) in [5.74, 6) is -9.52. The predicted molar refractivity (Wildman–Crippen MR) is 492 cm³/mol. The fraction of sp³-hybridized carbons (Fsp3) is 0.302. The van der Waals surface area contributed by atoms with Gasteiger partial charge in [0.1, 0.15) is 0 Å². The number of carboxylic acids is 2. The molecule has 0 saturated carbocycles. The van der Waals surface area contributed by atoms with Crippen molar-refractivity contribution in [2.45, 2.75) is 82.6 Å². The first kappa shape index (κ1) is 142. The Bertz CT molecular complexity index is 4290. The van der Waals surface area contributed by atoms with E-state index in [-0.39, 0.29) is 115 Å². The Labute approximate surface area is 810 Å². The van der Waals surface area contributed by atoms with Crippen molar-refractivity contribution < 1.29 is 215 Å². The first-order valence-electron chi connectivity index (χ1n) is 28.6. The maximum Gasteiger partial charge on any atom is 1.00 e. The number of halogens is 27. The van der Waals surface area contributed by atoms with Gasteiger partial charge in [0.15, 0.2) is 32.9 Å². The number of ether oxygens (including phenoxy) is 4. The van der Waals surface area contributed by atoms with Crippen LogP contribution in [0.4, 0.5) is 65.9 Å². The van der Waals surface area contributed by atoms with Crippen LogP contribution in [-0.2, 0) is 65.5 Å². The average Bonchev–Trinajstić information content (AvgIpc) is 0.828. The third-order valence-corrected chi connectivity index (χ3v) is 13.5. The normalized spacial score (nSPS) is 11.1. The maximum absolute atomic E-state index is 12.9. The number of rotatable bonds is 14. The summed E-state index contributed by atoms with van der Waals surface area (Å²) in [4.78, 5) is 86.4. The van der Waals surface area contributed by atoms with Gasteiger partial charge in [0.05, 0.1) is 87.2 Å². The number of methoxy groups -OCH3 is 4. The van der Waals surface area contributed by atoms with Crippen molar-refractivity contribution in [2.75, 3.05) is 41.0 Å². The average molecular weight is 2980 g/mol. The summed E-state index contributed by atoms with van der Waals surface area (Å²) >= 11 is 17.0. The van der Waals surface area contributed by atoms with Crippen LogP contribution in [-0.4, -0.2) is 183 Å². The number of aldehydes is 2. The van der Waals surface area contributed by atoms with Crippen molar-refractivity contribution >= 4 is 271 Å². The summed E-state index contributed by atoms with van der Waals surface area (Å²) in [6.07, 6.45) is -23.8. The van der Waals surface area contributed by atoms with E-state index in [4.69, 9.17) is 32.8 Å². The zero-order valence-electron chi connectivity index (χ0n) is 61.5. The molecule has 0 amide bonds. The number of aliphatic hydroxyl groups excluding tert-OH is 1. The summed E-state index contributed by atoms with van der Waals surface area (Å²) in [6, 6.07) is 32.6. The van der Waals surface area contributed by atoms with E-state index in [0.29, 0.717) is 43.2 Å². The first-order valence-corrected chi connectivity index (χ1v) is 75.8.